The first-order valence-electron chi connectivity index (χ1n) is 5.72. The molecule has 0 radical (unpaired) electrons. The van der Waals surface area contributed by atoms with Crippen LogP contribution >= 0.6 is 0 Å². The molecule has 1 heterocycles. The van der Waals surface area contributed by atoms with Gasteiger partial charge in [-0.05, 0) is 12.3 Å². The minimum absolute atomic E-state index is 0.00321. The number of rotatable bonds is 7. The van der Waals surface area contributed by atoms with Crippen molar-refractivity contribution in [1.29, 1.82) is 0 Å². The molecule has 2 rings (SSSR count). The van der Waals surface area contributed by atoms with Gasteiger partial charge in [0.15, 0.2) is 6.10 Å². The predicted molar refractivity (Wildman–Crippen MR) is 55.3 cm³/mol. The monoisotopic (exact) mass is 213 g/mol. The largest absolute Gasteiger partial charge is 0.359 e. The summed E-state index contributed by atoms with van der Waals surface area (Å²) < 4.78 is 10.1. The van der Waals surface area contributed by atoms with Crippen LogP contribution in [0.2, 0.25) is 0 Å². The maximum Gasteiger partial charge on any atom is 0.251 e. The van der Waals surface area contributed by atoms with E-state index in [1.54, 1.807) is 7.11 Å². The fourth-order valence-corrected chi connectivity index (χ4v) is 2.02. The smallest absolute Gasteiger partial charge is 0.251 e. The van der Waals surface area contributed by atoms with Gasteiger partial charge in [-0.15, -0.1) is 0 Å². The number of hydrogen-bond acceptors (Lipinski definition) is 3. The molecule has 0 spiro atoms. The highest BCUT2D eigenvalue weighted by Crippen LogP contribution is 2.34. The van der Waals surface area contributed by atoms with E-state index in [0.717, 1.165) is 12.3 Å². The van der Waals surface area contributed by atoms with Crippen LogP contribution in [0, 0.1) is 5.92 Å². The molecular weight excluding hydrogens is 194 g/mol. The van der Waals surface area contributed by atoms with Gasteiger partial charge in [0.05, 0.1) is 6.04 Å². The molecule has 86 valence electrons. The molecule has 1 saturated heterocycles. The zero-order valence-corrected chi connectivity index (χ0v) is 9.20. The number of amides is 1. The average Bonchev–Trinajstić information content (AvgIpc) is 3.01. The molecule has 2 fully saturated rings. The molecular formula is C11H19NO3. The van der Waals surface area contributed by atoms with Crippen LogP contribution in [0.1, 0.15) is 32.1 Å². The summed E-state index contributed by atoms with van der Waals surface area (Å²) in [5, 5.41) is 2.88. The number of β-lactam (4-membered cyclic amide) rings is 1. The lowest BCUT2D eigenvalue weighted by Gasteiger charge is -2.36. The first-order valence-corrected chi connectivity index (χ1v) is 5.72. The topological polar surface area (TPSA) is 47.6 Å². The van der Waals surface area contributed by atoms with Crippen molar-refractivity contribution in [2.24, 2.45) is 5.92 Å². The van der Waals surface area contributed by atoms with Crippen LogP contribution in [-0.2, 0) is 14.3 Å². The summed E-state index contributed by atoms with van der Waals surface area (Å²) in [6, 6.07) is 0.214. The van der Waals surface area contributed by atoms with Gasteiger partial charge in [-0.2, -0.15) is 0 Å². The Morgan fingerprint density at radius 1 is 1.40 bits per heavy atom. The van der Waals surface area contributed by atoms with Gasteiger partial charge >= 0.3 is 0 Å². The van der Waals surface area contributed by atoms with E-state index >= 15 is 0 Å². The summed E-state index contributed by atoms with van der Waals surface area (Å²) in [6.45, 7) is 0.206. The van der Waals surface area contributed by atoms with Crippen LogP contribution in [0.15, 0.2) is 0 Å². The normalized spacial score (nSPS) is 29.8. The number of carbonyl (C=O) groups excluding carboxylic acids is 1. The molecule has 1 N–H and O–H groups in total. The van der Waals surface area contributed by atoms with Crippen molar-refractivity contribution in [1.82, 2.24) is 5.32 Å². The van der Waals surface area contributed by atoms with Crippen LogP contribution in [0.5, 0.6) is 0 Å². The molecule has 0 unspecified atom stereocenters. The second-order valence-corrected chi connectivity index (χ2v) is 4.48. The van der Waals surface area contributed by atoms with E-state index in [-0.39, 0.29) is 24.8 Å². The Morgan fingerprint density at radius 3 is 2.80 bits per heavy atom. The molecule has 2 aliphatic rings. The van der Waals surface area contributed by atoms with E-state index in [4.69, 9.17) is 9.47 Å². The van der Waals surface area contributed by atoms with Gasteiger partial charge in [-0.25, -0.2) is 0 Å². The minimum atomic E-state index is -0.274. The van der Waals surface area contributed by atoms with E-state index in [1.165, 1.54) is 25.7 Å². The van der Waals surface area contributed by atoms with Crippen LogP contribution in [0.3, 0.4) is 0 Å². The summed E-state index contributed by atoms with van der Waals surface area (Å²) in [5.41, 5.74) is 0. The number of methoxy groups -OCH3 is 1. The van der Waals surface area contributed by atoms with Gasteiger partial charge in [0.2, 0.25) is 0 Å². The highest BCUT2D eigenvalue weighted by atomic mass is 16.7. The molecule has 0 aromatic heterocycles. The molecule has 1 aliphatic carbocycles. The fraction of sp³-hybridized carbons (Fsp3) is 0.909. The van der Waals surface area contributed by atoms with E-state index in [1.807, 2.05) is 0 Å². The molecule has 0 aromatic rings. The Morgan fingerprint density at radius 2 is 2.20 bits per heavy atom. The first-order chi connectivity index (χ1) is 7.31. The van der Waals surface area contributed by atoms with Gasteiger partial charge in [0.1, 0.15) is 6.79 Å². The lowest BCUT2D eigenvalue weighted by molar-refractivity contribution is -0.161. The minimum Gasteiger partial charge on any atom is -0.359 e. The summed E-state index contributed by atoms with van der Waals surface area (Å²) in [7, 11) is 1.57. The molecule has 0 aromatic carbocycles. The lowest BCUT2D eigenvalue weighted by atomic mass is 9.95. The predicted octanol–water partition coefficient (Wildman–Crippen LogP) is 1.05. The van der Waals surface area contributed by atoms with E-state index in [9.17, 15) is 4.79 Å². The molecule has 1 amide bonds. The van der Waals surface area contributed by atoms with Gasteiger partial charge in [-0.3, -0.25) is 4.79 Å². The number of nitrogens with one attached hydrogen (secondary N) is 1. The van der Waals surface area contributed by atoms with Crippen LogP contribution in [-0.4, -0.2) is 32.0 Å². The van der Waals surface area contributed by atoms with Crippen LogP contribution < -0.4 is 5.32 Å². The molecule has 0 bridgehead atoms. The number of carbonyl (C=O) groups is 1. The molecule has 2 atom stereocenters. The summed E-state index contributed by atoms with van der Waals surface area (Å²) in [4.78, 5) is 11.2. The second-order valence-electron chi connectivity index (χ2n) is 4.48. The van der Waals surface area contributed by atoms with Crippen LogP contribution in [0.4, 0.5) is 0 Å². The van der Waals surface area contributed by atoms with Crippen molar-refractivity contribution >= 4 is 5.91 Å². The van der Waals surface area contributed by atoms with E-state index in [2.05, 4.69) is 5.32 Å². The number of ether oxygens (including phenoxy) is 2. The molecule has 4 nitrogen and oxygen atoms in total. The third kappa shape index (κ3) is 2.92. The Kier molecular flexibility index (Phi) is 3.59. The summed E-state index contributed by atoms with van der Waals surface area (Å²) in [6.07, 6.45) is 6.08. The molecule has 1 saturated carbocycles. The zero-order valence-electron chi connectivity index (χ0n) is 9.20. The lowest BCUT2D eigenvalue weighted by Crippen LogP contribution is -2.63. The first kappa shape index (κ1) is 10.9. The van der Waals surface area contributed by atoms with E-state index in [0.29, 0.717) is 0 Å². The van der Waals surface area contributed by atoms with Crippen molar-refractivity contribution in [3.05, 3.63) is 0 Å². The summed E-state index contributed by atoms with van der Waals surface area (Å²) in [5.74, 6) is 0.975. The van der Waals surface area contributed by atoms with Gasteiger partial charge in [-0.1, -0.05) is 25.7 Å². The third-order valence-electron chi connectivity index (χ3n) is 3.14. The molecule has 1 aliphatic heterocycles. The highest BCUT2D eigenvalue weighted by Gasteiger charge is 2.39. The summed E-state index contributed by atoms with van der Waals surface area (Å²) >= 11 is 0. The maximum atomic E-state index is 11.2. The Hall–Kier alpha value is -0.610. The zero-order chi connectivity index (χ0) is 10.7. The van der Waals surface area contributed by atoms with Gasteiger partial charge in [0.25, 0.3) is 5.91 Å². The maximum absolute atomic E-state index is 11.2. The van der Waals surface area contributed by atoms with Gasteiger partial charge in [0, 0.05) is 7.11 Å². The van der Waals surface area contributed by atoms with Crippen molar-refractivity contribution < 1.29 is 14.3 Å². The molecule has 4 heteroatoms. The van der Waals surface area contributed by atoms with Crippen LogP contribution in [0.25, 0.3) is 0 Å². The van der Waals surface area contributed by atoms with E-state index < -0.39 is 0 Å². The number of hydrogen-bond donors (Lipinski definition) is 1. The Balaban J connectivity index is 1.60. The SMILES string of the molecule is COCO[C@H]1C(=O)N[C@H]1CCCC1CC1. The highest BCUT2D eigenvalue weighted by molar-refractivity contribution is 5.88. The van der Waals surface area contributed by atoms with Gasteiger partial charge < -0.3 is 14.8 Å². The fourth-order valence-electron chi connectivity index (χ4n) is 2.02. The second kappa shape index (κ2) is 4.94. The third-order valence-corrected chi connectivity index (χ3v) is 3.14. The Labute approximate surface area is 90.3 Å². The van der Waals surface area contributed by atoms with Crippen molar-refractivity contribution in [3.63, 3.8) is 0 Å². The quantitative estimate of drug-likeness (QED) is 0.508. The standard InChI is InChI=1S/C11H19NO3/c1-14-7-15-10-9(12-11(10)13)4-2-3-8-5-6-8/h8-10H,2-7H2,1H3,(H,12,13)/t9-,10+/m0/s1. The Bertz CT molecular complexity index is 228. The molecule has 15 heavy (non-hydrogen) atoms. The van der Waals surface area contributed by atoms with Crippen molar-refractivity contribution in [2.45, 2.75) is 44.2 Å². The van der Waals surface area contributed by atoms with Crippen molar-refractivity contribution in [2.75, 3.05) is 13.9 Å². The van der Waals surface area contributed by atoms with Crippen molar-refractivity contribution in [3.8, 4) is 0 Å². The average molecular weight is 213 g/mol.